The minimum atomic E-state index is -4.60. The molecule has 1 aliphatic heterocycles. The van der Waals surface area contributed by atoms with Gasteiger partial charge in [0, 0.05) is 18.5 Å². The minimum Gasteiger partial charge on any atom is -0.508 e. The van der Waals surface area contributed by atoms with Gasteiger partial charge < -0.3 is 10.0 Å². The van der Waals surface area contributed by atoms with E-state index in [4.69, 9.17) is 0 Å². The fourth-order valence-corrected chi connectivity index (χ4v) is 3.23. The predicted molar refractivity (Wildman–Crippen MR) is 97.5 cm³/mol. The Kier molecular flexibility index (Phi) is 4.22. The number of hydrogen-bond acceptors (Lipinski definition) is 4. The van der Waals surface area contributed by atoms with E-state index in [0.717, 1.165) is 11.1 Å². The van der Waals surface area contributed by atoms with Crippen molar-refractivity contribution in [2.75, 3.05) is 18.0 Å². The van der Waals surface area contributed by atoms with Crippen LogP contribution in [-0.2, 0) is 6.18 Å². The Morgan fingerprint density at radius 1 is 0.963 bits per heavy atom. The number of phenols is 1. The molecule has 0 atom stereocenters. The second-order valence-corrected chi connectivity index (χ2v) is 6.36. The van der Waals surface area contributed by atoms with Gasteiger partial charge >= 0.3 is 6.18 Å². The van der Waals surface area contributed by atoms with Crippen LogP contribution in [0.1, 0.15) is 17.8 Å². The van der Waals surface area contributed by atoms with Gasteiger partial charge in [-0.1, -0.05) is 30.3 Å². The molecule has 0 bridgehead atoms. The summed E-state index contributed by atoms with van der Waals surface area (Å²) in [6, 6.07) is 13.6. The Labute approximate surface area is 153 Å². The van der Waals surface area contributed by atoms with E-state index in [2.05, 4.69) is 9.97 Å². The third-order valence-electron chi connectivity index (χ3n) is 4.58. The Balaban J connectivity index is 1.70. The summed E-state index contributed by atoms with van der Waals surface area (Å²) in [4.78, 5) is 9.34. The lowest BCUT2D eigenvalue weighted by Crippen LogP contribution is -2.30. The molecule has 0 fully saturated rings. The number of hydrogen-bond donors (Lipinski definition) is 1. The highest BCUT2D eigenvalue weighted by Gasteiger charge is 2.36. The molecule has 1 aliphatic rings. The SMILES string of the molecule is Oc1ccc(C2=CCN(c3nc(C(F)(F)F)nc4ccccc34)CC2)cc1. The number of halogens is 3. The van der Waals surface area contributed by atoms with E-state index in [1.807, 2.05) is 23.1 Å². The van der Waals surface area contributed by atoms with E-state index in [0.29, 0.717) is 30.7 Å². The van der Waals surface area contributed by atoms with Crippen molar-refractivity contribution in [1.29, 1.82) is 0 Å². The molecular weight excluding hydrogens is 355 g/mol. The maximum atomic E-state index is 13.2. The molecule has 27 heavy (non-hydrogen) atoms. The smallest absolute Gasteiger partial charge is 0.451 e. The Hall–Kier alpha value is -3.09. The van der Waals surface area contributed by atoms with Gasteiger partial charge in [0.05, 0.1) is 5.52 Å². The fourth-order valence-electron chi connectivity index (χ4n) is 3.23. The van der Waals surface area contributed by atoms with Crippen LogP contribution in [0.15, 0.2) is 54.6 Å². The highest BCUT2D eigenvalue weighted by atomic mass is 19.4. The maximum absolute atomic E-state index is 13.2. The summed E-state index contributed by atoms with van der Waals surface area (Å²) in [6.45, 7) is 1.000. The first-order chi connectivity index (χ1) is 12.9. The minimum absolute atomic E-state index is 0.198. The first kappa shape index (κ1) is 17.3. The number of aromatic nitrogens is 2. The maximum Gasteiger partial charge on any atom is 0.451 e. The van der Waals surface area contributed by atoms with Crippen LogP contribution in [0.5, 0.6) is 5.75 Å². The van der Waals surface area contributed by atoms with Crippen molar-refractivity contribution in [2.45, 2.75) is 12.6 Å². The molecule has 1 N–H and O–H groups in total. The summed E-state index contributed by atoms with van der Waals surface area (Å²) < 4.78 is 39.6. The summed E-state index contributed by atoms with van der Waals surface area (Å²) in [5.74, 6) is -0.623. The van der Waals surface area contributed by atoms with Crippen LogP contribution < -0.4 is 4.90 Å². The molecule has 4 rings (SSSR count). The Bertz CT molecular complexity index is 1010. The second-order valence-electron chi connectivity index (χ2n) is 6.36. The zero-order valence-corrected chi connectivity index (χ0v) is 14.2. The third-order valence-corrected chi connectivity index (χ3v) is 4.58. The lowest BCUT2D eigenvalue weighted by atomic mass is 9.99. The van der Waals surface area contributed by atoms with E-state index in [1.165, 1.54) is 0 Å². The number of alkyl halides is 3. The standard InChI is InChI=1S/C20H16F3N3O/c21-20(22,23)19-24-17-4-2-1-3-16(17)18(25-19)26-11-9-14(10-12-26)13-5-7-15(27)8-6-13/h1-9,27H,10-12H2. The third kappa shape index (κ3) is 3.45. The normalized spacial score (nSPS) is 15.1. The van der Waals surface area contributed by atoms with Crippen LogP contribution in [0, 0.1) is 0 Å². The number of nitrogens with zero attached hydrogens (tertiary/aromatic N) is 3. The molecule has 2 aromatic carbocycles. The van der Waals surface area contributed by atoms with E-state index in [9.17, 15) is 18.3 Å². The van der Waals surface area contributed by atoms with Crippen molar-refractivity contribution >= 4 is 22.3 Å². The van der Waals surface area contributed by atoms with Gasteiger partial charge in [-0.05, 0) is 41.8 Å². The van der Waals surface area contributed by atoms with Crippen molar-refractivity contribution in [1.82, 2.24) is 9.97 Å². The number of fused-ring (bicyclic) bond motifs is 1. The lowest BCUT2D eigenvalue weighted by molar-refractivity contribution is -0.144. The van der Waals surface area contributed by atoms with Gasteiger partial charge in [0.2, 0.25) is 5.82 Å². The Morgan fingerprint density at radius 3 is 2.37 bits per heavy atom. The molecule has 0 radical (unpaired) electrons. The topological polar surface area (TPSA) is 49.2 Å². The number of benzene rings is 2. The number of rotatable bonds is 2. The fraction of sp³-hybridized carbons (Fsp3) is 0.200. The van der Waals surface area contributed by atoms with Crippen molar-refractivity contribution in [3.8, 4) is 5.75 Å². The molecule has 3 aromatic rings. The molecule has 0 spiro atoms. The molecule has 0 saturated carbocycles. The van der Waals surface area contributed by atoms with Crippen LogP contribution in [0.2, 0.25) is 0 Å². The summed E-state index contributed by atoms with van der Waals surface area (Å²) in [6.07, 6.45) is -1.94. The van der Waals surface area contributed by atoms with Crippen molar-refractivity contribution in [2.24, 2.45) is 0 Å². The summed E-state index contributed by atoms with van der Waals surface area (Å²) >= 11 is 0. The summed E-state index contributed by atoms with van der Waals surface area (Å²) in [5.41, 5.74) is 2.37. The van der Waals surface area contributed by atoms with Gasteiger partial charge in [-0.2, -0.15) is 13.2 Å². The van der Waals surface area contributed by atoms with E-state index < -0.39 is 12.0 Å². The van der Waals surface area contributed by atoms with Gasteiger partial charge in [0.25, 0.3) is 0 Å². The molecule has 0 unspecified atom stereocenters. The molecular formula is C20H16F3N3O. The predicted octanol–water partition coefficient (Wildman–Crippen LogP) is 4.65. The molecule has 138 valence electrons. The quantitative estimate of drug-likeness (QED) is 0.713. The number of anilines is 1. The number of para-hydroxylation sites is 1. The van der Waals surface area contributed by atoms with Gasteiger partial charge in [-0.15, -0.1) is 0 Å². The molecule has 7 heteroatoms. The van der Waals surface area contributed by atoms with Crippen molar-refractivity contribution in [3.63, 3.8) is 0 Å². The van der Waals surface area contributed by atoms with Crippen LogP contribution >= 0.6 is 0 Å². The van der Waals surface area contributed by atoms with Crippen LogP contribution in [0.25, 0.3) is 16.5 Å². The molecule has 2 heterocycles. The summed E-state index contributed by atoms with van der Waals surface area (Å²) in [5, 5.41) is 10.0. The highest BCUT2D eigenvalue weighted by Crippen LogP contribution is 2.33. The average molecular weight is 371 g/mol. The monoisotopic (exact) mass is 371 g/mol. The summed E-state index contributed by atoms with van der Waals surface area (Å²) in [7, 11) is 0. The van der Waals surface area contributed by atoms with Crippen LogP contribution in [-0.4, -0.2) is 28.2 Å². The van der Waals surface area contributed by atoms with Crippen molar-refractivity contribution in [3.05, 3.63) is 66.0 Å². The van der Waals surface area contributed by atoms with Gasteiger partial charge in [-0.25, -0.2) is 9.97 Å². The van der Waals surface area contributed by atoms with Gasteiger partial charge in [0.1, 0.15) is 11.6 Å². The second kappa shape index (κ2) is 6.57. The highest BCUT2D eigenvalue weighted by molar-refractivity contribution is 5.90. The molecule has 4 nitrogen and oxygen atoms in total. The molecule has 1 aromatic heterocycles. The first-order valence-electron chi connectivity index (χ1n) is 8.49. The largest absolute Gasteiger partial charge is 0.508 e. The molecule has 0 amide bonds. The lowest BCUT2D eigenvalue weighted by Gasteiger charge is -2.29. The Morgan fingerprint density at radius 2 is 1.70 bits per heavy atom. The van der Waals surface area contributed by atoms with Gasteiger partial charge in [0.15, 0.2) is 0 Å². The molecule has 0 saturated heterocycles. The molecule has 0 aliphatic carbocycles. The van der Waals surface area contributed by atoms with E-state index >= 15 is 0 Å². The number of phenolic OH excluding ortho intramolecular Hbond substituents is 1. The van der Waals surface area contributed by atoms with E-state index in [-0.39, 0.29) is 11.3 Å². The first-order valence-corrected chi connectivity index (χ1v) is 8.49. The zero-order chi connectivity index (χ0) is 19.0. The van der Waals surface area contributed by atoms with Crippen molar-refractivity contribution < 1.29 is 18.3 Å². The zero-order valence-electron chi connectivity index (χ0n) is 14.2. The number of aromatic hydroxyl groups is 1. The van der Waals surface area contributed by atoms with E-state index in [1.54, 1.807) is 36.4 Å². The van der Waals surface area contributed by atoms with Gasteiger partial charge in [-0.3, -0.25) is 0 Å². The van der Waals surface area contributed by atoms with Crippen LogP contribution in [0.3, 0.4) is 0 Å². The van der Waals surface area contributed by atoms with Crippen LogP contribution in [0.4, 0.5) is 19.0 Å². The average Bonchev–Trinajstić information content (AvgIpc) is 2.67.